The van der Waals surface area contributed by atoms with E-state index in [0.717, 1.165) is 32.1 Å². The van der Waals surface area contributed by atoms with Gasteiger partial charge in [-0.15, -0.1) is 0 Å². The van der Waals surface area contributed by atoms with Crippen LogP contribution in [0.3, 0.4) is 0 Å². The molecule has 2 rings (SSSR count). The molecule has 1 heterocycles. The van der Waals surface area contributed by atoms with Crippen molar-refractivity contribution in [3.8, 4) is 0 Å². The van der Waals surface area contributed by atoms with Crippen molar-refractivity contribution >= 4 is 11.9 Å². The van der Waals surface area contributed by atoms with E-state index >= 15 is 0 Å². The minimum absolute atomic E-state index is 0.0721. The summed E-state index contributed by atoms with van der Waals surface area (Å²) in [5, 5.41) is 11.9. The smallest absolute Gasteiger partial charge is 0.303 e. The molecule has 1 aliphatic rings. The third kappa shape index (κ3) is 4.18. The SMILES string of the molecule is O=C(O)CC1(CNC(=O)c2cc[nH]c(=O)c2)CCCCC1. The van der Waals surface area contributed by atoms with Crippen molar-refractivity contribution in [2.45, 2.75) is 38.5 Å². The fourth-order valence-electron chi connectivity index (χ4n) is 2.99. The number of aromatic amines is 1. The van der Waals surface area contributed by atoms with Crippen LogP contribution >= 0.6 is 0 Å². The fourth-order valence-corrected chi connectivity index (χ4v) is 2.99. The van der Waals surface area contributed by atoms with Gasteiger partial charge in [-0.05, 0) is 24.3 Å². The van der Waals surface area contributed by atoms with Gasteiger partial charge >= 0.3 is 5.97 Å². The highest BCUT2D eigenvalue weighted by Crippen LogP contribution is 2.38. The Labute approximate surface area is 122 Å². The van der Waals surface area contributed by atoms with Crippen LogP contribution in [0.1, 0.15) is 48.9 Å². The topological polar surface area (TPSA) is 99.3 Å². The molecule has 1 saturated carbocycles. The van der Waals surface area contributed by atoms with Crippen molar-refractivity contribution in [2.75, 3.05) is 6.54 Å². The number of nitrogens with one attached hydrogen (secondary N) is 2. The Morgan fingerprint density at radius 1 is 1.29 bits per heavy atom. The molecule has 0 bridgehead atoms. The summed E-state index contributed by atoms with van der Waals surface area (Å²) in [6.45, 7) is 0.338. The number of carboxylic acid groups (broad SMARTS) is 1. The molecule has 6 nitrogen and oxygen atoms in total. The Hall–Kier alpha value is -2.11. The molecule has 0 aromatic carbocycles. The summed E-state index contributed by atoms with van der Waals surface area (Å²) in [6.07, 6.45) is 6.23. The van der Waals surface area contributed by atoms with E-state index in [1.54, 1.807) is 0 Å². The lowest BCUT2D eigenvalue weighted by Gasteiger charge is -2.36. The first-order chi connectivity index (χ1) is 10.0. The molecule has 1 aliphatic carbocycles. The number of rotatable bonds is 5. The van der Waals surface area contributed by atoms with Gasteiger partial charge in [0.1, 0.15) is 0 Å². The molecule has 1 aromatic rings. The molecule has 1 aromatic heterocycles. The first-order valence-corrected chi connectivity index (χ1v) is 7.20. The van der Waals surface area contributed by atoms with E-state index < -0.39 is 5.97 Å². The van der Waals surface area contributed by atoms with Gasteiger partial charge < -0.3 is 15.4 Å². The van der Waals surface area contributed by atoms with Gasteiger partial charge in [0.15, 0.2) is 0 Å². The lowest BCUT2D eigenvalue weighted by atomic mass is 9.71. The lowest BCUT2D eigenvalue weighted by molar-refractivity contribution is -0.140. The third-order valence-corrected chi connectivity index (χ3v) is 4.10. The van der Waals surface area contributed by atoms with E-state index in [0.29, 0.717) is 12.1 Å². The zero-order chi connectivity index (χ0) is 15.3. The monoisotopic (exact) mass is 292 g/mol. The van der Waals surface area contributed by atoms with Crippen LogP contribution in [-0.4, -0.2) is 28.5 Å². The molecule has 0 aliphatic heterocycles. The van der Waals surface area contributed by atoms with Gasteiger partial charge in [0, 0.05) is 24.4 Å². The highest BCUT2D eigenvalue weighted by atomic mass is 16.4. The highest BCUT2D eigenvalue weighted by Gasteiger charge is 2.34. The van der Waals surface area contributed by atoms with Gasteiger partial charge in [0.25, 0.3) is 5.91 Å². The van der Waals surface area contributed by atoms with Crippen LogP contribution in [0, 0.1) is 5.41 Å². The molecule has 0 atom stereocenters. The number of carbonyl (C=O) groups is 2. The van der Waals surface area contributed by atoms with Crippen LogP contribution in [0.25, 0.3) is 0 Å². The van der Waals surface area contributed by atoms with Gasteiger partial charge in [-0.1, -0.05) is 19.3 Å². The second kappa shape index (κ2) is 6.56. The van der Waals surface area contributed by atoms with Crippen molar-refractivity contribution in [2.24, 2.45) is 5.41 Å². The molecule has 1 amide bonds. The number of carbonyl (C=O) groups excluding carboxylic acids is 1. The first-order valence-electron chi connectivity index (χ1n) is 7.20. The summed E-state index contributed by atoms with van der Waals surface area (Å²) >= 11 is 0. The minimum Gasteiger partial charge on any atom is -0.481 e. The molecule has 0 saturated heterocycles. The van der Waals surface area contributed by atoms with E-state index in [-0.39, 0.29) is 23.3 Å². The number of pyridine rings is 1. The maximum atomic E-state index is 12.1. The Kier molecular flexibility index (Phi) is 4.77. The number of H-pyrrole nitrogens is 1. The van der Waals surface area contributed by atoms with Gasteiger partial charge in [-0.25, -0.2) is 0 Å². The van der Waals surface area contributed by atoms with Crippen LogP contribution in [0.5, 0.6) is 0 Å². The van der Waals surface area contributed by atoms with Crippen molar-refractivity contribution in [1.82, 2.24) is 10.3 Å². The first kappa shape index (κ1) is 15.3. The molecular formula is C15H20N2O4. The van der Waals surface area contributed by atoms with Gasteiger partial charge in [0.05, 0.1) is 6.42 Å². The standard InChI is InChI=1S/C15H20N2O4/c18-12-8-11(4-7-16-12)14(21)17-10-15(9-13(19)20)5-2-1-3-6-15/h4,7-8H,1-3,5-6,9-10H2,(H,16,18)(H,17,21)(H,19,20). The molecule has 6 heteroatoms. The Morgan fingerprint density at radius 2 is 2.00 bits per heavy atom. The average Bonchev–Trinajstić information content (AvgIpc) is 2.45. The van der Waals surface area contributed by atoms with Crippen LogP contribution in [-0.2, 0) is 4.79 Å². The van der Waals surface area contributed by atoms with Crippen LogP contribution in [0.15, 0.2) is 23.1 Å². The average molecular weight is 292 g/mol. The molecule has 3 N–H and O–H groups in total. The number of amides is 1. The summed E-state index contributed by atoms with van der Waals surface area (Å²) in [4.78, 5) is 36.8. The molecule has 1 fully saturated rings. The Balaban J connectivity index is 2.02. The normalized spacial score (nSPS) is 17.1. The zero-order valence-electron chi connectivity index (χ0n) is 11.9. The van der Waals surface area contributed by atoms with Crippen molar-refractivity contribution in [3.05, 3.63) is 34.2 Å². The third-order valence-electron chi connectivity index (χ3n) is 4.10. The fraction of sp³-hybridized carbons (Fsp3) is 0.533. The van der Waals surface area contributed by atoms with Gasteiger partial charge in [-0.2, -0.15) is 0 Å². The maximum Gasteiger partial charge on any atom is 0.303 e. The van der Waals surface area contributed by atoms with Crippen molar-refractivity contribution in [1.29, 1.82) is 0 Å². The Morgan fingerprint density at radius 3 is 2.62 bits per heavy atom. The minimum atomic E-state index is -0.831. The molecular weight excluding hydrogens is 272 g/mol. The van der Waals surface area contributed by atoms with Gasteiger partial charge in [-0.3, -0.25) is 14.4 Å². The lowest BCUT2D eigenvalue weighted by Crippen LogP contribution is -2.40. The summed E-state index contributed by atoms with van der Waals surface area (Å²) in [6, 6.07) is 2.77. The largest absolute Gasteiger partial charge is 0.481 e. The zero-order valence-corrected chi connectivity index (χ0v) is 11.9. The number of aliphatic carboxylic acids is 1. The maximum absolute atomic E-state index is 12.1. The predicted octanol–water partition coefficient (Wildman–Crippen LogP) is 1.53. The number of hydrogen-bond acceptors (Lipinski definition) is 3. The predicted molar refractivity (Wildman–Crippen MR) is 77.2 cm³/mol. The van der Waals surface area contributed by atoms with E-state index in [1.807, 2.05) is 0 Å². The number of carboxylic acids is 1. The molecule has 0 unspecified atom stereocenters. The Bertz CT molecular complexity index is 573. The van der Waals surface area contributed by atoms with Crippen LogP contribution in [0.2, 0.25) is 0 Å². The van der Waals surface area contributed by atoms with E-state index in [1.165, 1.54) is 18.3 Å². The van der Waals surface area contributed by atoms with Gasteiger partial charge in [0.2, 0.25) is 5.56 Å². The highest BCUT2D eigenvalue weighted by molar-refractivity contribution is 5.94. The molecule has 114 valence electrons. The summed E-state index contributed by atoms with van der Waals surface area (Å²) < 4.78 is 0. The van der Waals surface area contributed by atoms with Crippen molar-refractivity contribution in [3.63, 3.8) is 0 Å². The van der Waals surface area contributed by atoms with Crippen LogP contribution in [0.4, 0.5) is 0 Å². The quantitative estimate of drug-likeness (QED) is 0.766. The molecule has 0 radical (unpaired) electrons. The van der Waals surface area contributed by atoms with Crippen molar-refractivity contribution < 1.29 is 14.7 Å². The summed E-state index contributed by atoms with van der Waals surface area (Å²) in [5.41, 5.74) is -0.401. The number of aromatic nitrogens is 1. The van der Waals surface area contributed by atoms with E-state index in [4.69, 9.17) is 5.11 Å². The van der Waals surface area contributed by atoms with E-state index in [2.05, 4.69) is 10.3 Å². The summed E-state index contributed by atoms with van der Waals surface area (Å²) in [7, 11) is 0. The van der Waals surface area contributed by atoms with Crippen LogP contribution < -0.4 is 10.9 Å². The second-order valence-corrected chi connectivity index (χ2v) is 5.76. The molecule has 21 heavy (non-hydrogen) atoms. The molecule has 0 spiro atoms. The summed E-state index contributed by atoms with van der Waals surface area (Å²) in [5.74, 6) is -1.17. The second-order valence-electron chi connectivity index (χ2n) is 5.76. The van der Waals surface area contributed by atoms with E-state index in [9.17, 15) is 14.4 Å². The number of hydrogen-bond donors (Lipinski definition) is 3.